The molecule has 0 spiro atoms. The highest BCUT2D eigenvalue weighted by Gasteiger charge is 2.27. The van der Waals surface area contributed by atoms with E-state index in [0.717, 1.165) is 155 Å². The quantitative estimate of drug-likeness (QED) is 0.0350. The molecule has 2 saturated heterocycles. The Morgan fingerprint density at radius 1 is 0.610 bits per heavy atom. The number of nitrogens with one attached hydrogen (secondary N) is 1. The molecule has 2 aliphatic heterocycles. The number of fused-ring (bicyclic) bond motifs is 2. The summed E-state index contributed by atoms with van der Waals surface area (Å²) in [7, 11) is -2.32. The molecule has 77 heavy (non-hydrogen) atoms. The SMILES string of the molecule is C[Si](C)(C)CCOCN(c1ccc2ncc(Br)cc2n1)c1nnc(C2CCCC2)s1.C[Si](C)(C)CCOCN(c1ccc2ncc(N3CCN(CCO)CC3)cc2n1)c1nnc(C2CCCC2)s1.OCCN1CCNCC1. The van der Waals surface area contributed by atoms with Crippen molar-refractivity contribution in [3.8, 4) is 0 Å². The number of aliphatic hydroxyl groups excluding tert-OH is 2. The first-order valence-electron chi connectivity index (χ1n) is 27.9. The lowest BCUT2D eigenvalue weighted by molar-refractivity contribution is 0.153. The molecule has 0 bridgehead atoms. The van der Waals surface area contributed by atoms with Crippen LogP contribution in [0.5, 0.6) is 0 Å². The number of aromatic nitrogens is 8. The number of piperazine rings is 2. The van der Waals surface area contributed by atoms with Crippen molar-refractivity contribution in [1.29, 1.82) is 0 Å². The largest absolute Gasteiger partial charge is 0.395 e. The first-order chi connectivity index (χ1) is 37.2. The molecule has 0 atom stereocenters. The van der Waals surface area contributed by atoms with Crippen LogP contribution in [0, 0.1) is 0 Å². The second-order valence-corrected chi connectivity index (χ2v) is 37.1. The number of hydrogen-bond donors (Lipinski definition) is 3. The van der Waals surface area contributed by atoms with Crippen LogP contribution in [-0.2, 0) is 9.47 Å². The summed E-state index contributed by atoms with van der Waals surface area (Å²) in [4.78, 5) is 30.1. The average Bonchev–Trinajstić information content (AvgIpc) is 4.29. The summed E-state index contributed by atoms with van der Waals surface area (Å²) < 4.78 is 13.2. The van der Waals surface area contributed by atoms with Gasteiger partial charge in [0.05, 0.1) is 47.2 Å². The third-order valence-corrected chi connectivity index (χ3v) is 20.6. The molecule has 0 unspecified atom stereocenters. The number of anilines is 5. The molecule has 8 heterocycles. The van der Waals surface area contributed by atoms with Crippen molar-refractivity contribution >= 4 is 104 Å². The summed E-state index contributed by atoms with van der Waals surface area (Å²) in [5.41, 5.74) is 4.54. The van der Waals surface area contributed by atoms with Crippen molar-refractivity contribution in [3.05, 3.63) is 63.3 Å². The Hall–Kier alpha value is -3.73. The molecule has 2 aliphatic carbocycles. The number of pyridine rings is 4. The predicted octanol–water partition coefficient (Wildman–Crippen LogP) is 9.94. The maximum Gasteiger partial charge on any atom is 0.215 e. The van der Waals surface area contributed by atoms with Gasteiger partial charge in [0.25, 0.3) is 0 Å². The van der Waals surface area contributed by atoms with Crippen LogP contribution >= 0.6 is 38.6 Å². The monoisotopic (exact) mass is 1190 g/mol. The van der Waals surface area contributed by atoms with Gasteiger partial charge in [0, 0.05) is 117 Å². The molecule has 420 valence electrons. The van der Waals surface area contributed by atoms with Gasteiger partial charge in [0.15, 0.2) is 0 Å². The van der Waals surface area contributed by atoms with E-state index >= 15 is 0 Å². The third-order valence-electron chi connectivity index (χ3n) is 14.5. The number of halogens is 1. The summed E-state index contributed by atoms with van der Waals surface area (Å²) in [6, 6.07) is 14.4. The highest BCUT2D eigenvalue weighted by Crippen LogP contribution is 2.40. The molecule has 0 radical (unpaired) electrons. The molecule has 6 aromatic heterocycles. The lowest BCUT2D eigenvalue weighted by Gasteiger charge is -2.35. The van der Waals surface area contributed by atoms with E-state index in [1.807, 2.05) is 41.4 Å². The zero-order valence-electron chi connectivity index (χ0n) is 46.4. The molecule has 6 aromatic rings. The van der Waals surface area contributed by atoms with Crippen molar-refractivity contribution in [2.75, 3.05) is 120 Å². The van der Waals surface area contributed by atoms with Crippen LogP contribution in [0.3, 0.4) is 0 Å². The number of β-amino-alcohol motifs (C(OH)–C–C–N with tert-alkyl or cyclic N) is 2. The van der Waals surface area contributed by atoms with Gasteiger partial charge in [-0.1, -0.05) is 87.6 Å². The smallest absolute Gasteiger partial charge is 0.215 e. The standard InChI is InChI=1S/C27H41N7O2SSi.C21H28BrN5OSSi.C6H14N2O/c1-38(2,3)17-16-36-20-34(27-31-30-26(37-27)21-6-4-5-7-21)25-9-8-23-24(29-25)18-22(19-28-23)33-12-10-32(11-13-33)14-15-35;1-30(2,3)11-10-28-14-27(21-26-25-20(29-21)15-6-4-5-7-15)19-9-8-17-18(24-19)12-16(22)13-23-17;9-6-5-8-3-1-7-2-4-8/h8-9,18-19,21,35H,4-7,10-17,20H2,1-3H3;8-9,12-13,15H,4-7,10-11,14H2,1-3H3;7,9H,1-6H2. The topological polar surface area (TPSA) is 190 Å². The van der Waals surface area contributed by atoms with Crippen molar-refractivity contribution in [2.24, 2.45) is 0 Å². The van der Waals surface area contributed by atoms with E-state index in [0.29, 0.717) is 31.9 Å². The molecule has 18 nitrogen and oxygen atoms in total. The zero-order chi connectivity index (χ0) is 54.2. The molecule has 2 saturated carbocycles. The lowest BCUT2D eigenvalue weighted by Crippen LogP contribution is -2.47. The van der Waals surface area contributed by atoms with E-state index in [9.17, 15) is 5.11 Å². The fraction of sp³-hybridized carbons (Fsp3) is 0.630. The molecular formula is C54H83BrN14O4S2Si2. The third kappa shape index (κ3) is 18.1. The van der Waals surface area contributed by atoms with Gasteiger partial charge in [-0.3, -0.25) is 29.6 Å². The average molecular weight is 1190 g/mol. The molecule has 4 aliphatic rings. The van der Waals surface area contributed by atoms with Gasteiger partial charge in [-0.25, -0.2) is 9.97 Å². The van der Waals surface area contributed by atoms with Gasteiger partial charge >= 0.3 is 0 Å². The van der Waals surface area contributed by atoms with E-state index in [2.05, 4.69) is 112 Å². The van der Waals surface area contributed by atoms with Crippen LogP contribution in [0.2, 0.25) is 51.4 Å². The fourth-order valence-corrected chi connectivity index (χ4v) is 13.6. The predicted molar refractivity (Wildman–Crippen MR) is 323 cm³/mol. The highest BCUT2D eigenvalue weighted by atomic mass is 79.9. The van der Waals surface area contributed by atoms with Crippen LogP contribution in [0.15, 0.2) is 53.3 Å². The maximum absolute atomic E-state index is 9.24. The van der Waals surface area contributed by atoms with Crippen LogP contribution < -0.4 is 20.0 Å². The van der Waals surface area contributed by atoms with Crippen molar-refractivity contribution < 1.29 is 19.7 Å². The Morgan fingerprint density at radius 3 is 1.56 bits per heavy atom. The van der Waals surface area contributed by atoms with Crippen LogP contribution in [-0.4, -0.2) is 182 Å². The van der Waals surface area contributed by atoms with Gasteiger partial charge in [0.1, 0.15) is 35.1 Å². The Bertz CT molecular complexity index is 2720. The minimum Gasteiger partial charge on any atom is -0.395 e. The summed E-state index contributed by atoms with van der Waals surface area (Å²) in [5.74, 6) is 2.71. The summed E-state index contributed by atoms with van der Waals surface area (Å²) in [5, 5.41) is 43.2. The normalized spacial score (nSPS) is 17.2. The van der Waals surface area contributed by atoms with Gasteiger partial charge in [0.2, 0.25) is 10.3 Å². The summed E-state index contributed by atoms with van der Waals surface area (Å²) >= 11 is 6.84. The Morgan fingerprint density at radius 2 is 1.08 bits per heavy atom. The first kappa shape index (κ1) is 59.4. The number of aliphatic hydroxyl groups is 2. The number of hydrogen-bond acceptors (Lipinski definition) is 20. The van der Waals surface area contributed by atoms with Gasteiger partial charge in [-0.2, -0.15) is 0 Å². The second-order valence-electron chi connectivity index (χ2n) is 23.0. The fourth-order valence-electron chi connectivity index (χ4n) is 9.73. The van der Waals surface area contributed by atoms with E-state index in [4.69, 9.17) is 29.5 Å². The summed E-state index contributed by atoms with van der Waals surface area (Å²) in [6.07, 6.45) is 13.7. The van der Waals surface area contributed by atoms with Crippen molar-refractivity contribution in [1.82, 2.24) is 55.4 Å². The van der Waals surface area contributed by atoms with E-state index in [1.54, 1.807) is 28.9 Å². The molecular weight excluding hydrogens is 1110 g/mol. The van der Waals surface area contributed by atoms with Crippen LogP contribution in [0.1, 0.15) is 73.2 Å². The number of ether oxygens (including phenoxy) is 2. The highest BCUT2D eigenvalue weighted by molar-refractivity contribution is 9.10. The van der Waals surface area contributed by atoms with E-state index in [-0.39, 0.29) is 6.61 Å². The Labute approximate surface area is 474 Å². The first-order valence-corrected chi connectivity index (χ1v) is 37.7. The van der Waals surface area contributed by atoms with Gasteiger partial charge in [-0.15, -0.1) is 20.4 Å². The molecule has 23 heteroatoms. The molecule has 0 aromatic carbocycles. The number of nitrogens with zero attached hydrogens (tertiary/aromatic N) is 13. The Balaban J connectivity index is 0.000000178. The molecule has 10 rings (SSSR count). The van der Waals surface area contributed by atoms with Gasteiger partial charge < -0.3 is 29.9 Å². The van der Waals surface area contributed by atoms with E-state index < -0.39 is 16.1 Å². The van der Waals surface area contributed by atoms with Crippen molar-refractivity contribution in [2.45, 2.75) is 115 Å². The molecule has 3 N–H and O–H groups in total. The minimum atomic E-state index is -1.18. The maximum atomic E-state index is 9.24. The van der Waals surface area contributed by atoms with Crippen LogP contribution in [0.25, 0.3) is 22.1 Å². The Kier molecular flexibility index (Phi) is 22.5. The summed E-state index contributed by atoms with van der Waals surface area (Å²) in [6.45, 7) is 26.6. The lowest BCUT2D eigenvalue weighted by atomic mass is 10.1. The van der Waals surface area contributed by atoms with E-state index in [1.165, 1.54) is 51.4 Å². The minimum absolute atomic E-state index is 0.208. The molecule has 0 amide bonds. The van der Waals surface area contributed by atoms with Gasteiger partial charge in [-0.05, 0) is 90.1 Å². The second kappa shape index (κ2) is 29.1. The van der Waals surface area contributed by atoms with Crippen molar-refractivity contribution in [3.63, 3.8) is 0 Å². The molecule has 4 fully saturated rings. The van der Waals surface area contributed by atoms with Crippen LogP contribution in [0.4, 0.5) is 27.6 Å². The number of rotatable bonds is 21. The zero-order valence-corrected chi connectivity index (χ0v) is 51.6.